The molecule has 0 aliphatic heterocycles. The SMILES string of the molecule is CN(c1cnc2ccccc2n1)C1CCC(=O)CC1. The second-order valence-electron chi connectivity index (χ2n) is 5.10. The number of nitrogens with zero attached hydrogens (tertiary/aromatic N) is 3. The van der Waals surface area contributed by atoms with Crippen molar-refractivity contribution in [3.8, 4) is 0 Å². The highest BCUT2D eigenvalue weighted by Gasteiger charge is 2.23. The van der Waals surface area contributed by atoms with Crippen molar-refractivity contribution in [2.24, 2.45) is 0 Å². The summed E-state index contributed by atoms with van der Waals surface area (Å²) in [6.45, 7) is 0. The second kappa shape index (κ2) is 4.96. The van der Waals surface area contributed by atoms with E-state index in [1.165, 1.54) is 0 Å². The molecule has 1 aliphatic rings. The van der Waals surface area contributed by atoms with Gasteiger partial charge in [0.05, 0.1) is 17.2 Å². The van der Waals surface area contributed by atoms with Crippen LogP contribution in [0.1, 0.15) is 25.7 Å². The van der Waals surface area contributed by atoms with E-state index in [1.807, 2.05) is 37.5 Å². The van der Waals surface area contributed by atoms with E-state index in [2.05, 4.69) is 14.9 Å². The molecule has 0 radical (unpaired) electrons. The molecule has 2 aromatic rings. The van der Waals surface area contributed by atoms with Crippen molar-refractivity contribution >= 4 is 22.6 Å². The molecule has 3 rings (SSSR count). The molecule has 0 atom stereocenters. The molecule has 4 heteroatoms. The summed E-state index contributed by atoms with van der Waals surface area (Å²) in [6.07, 6.45) is 5.04. The zero-order valence-corrected chi connectivity index (χ0v) is 11.0. The van der Waals surface area contributed by atoms with Gasteiger partial charge >= 0.3 is 0 Å². The maximum atomic E-state index is 11.3. The Kier molecular flexibility index (Phi) is 3.15. The number of fused-ring (bicyclic) bond motifs is 1. The quantitative estimate of drug-likeness (QED) is 0.827. The van der Waals surface area contributed by atoms with Crippen LogP contribution in [-0.4, -0.2) is 28.8 Å². The van der Waals surface area contributed by atoms with Gasteiger partial charge in [0.2, 0.25) is 0 Å². The summed E-state index contributed by atoms with van der Waals surface area (Å²) in [7, 11) is 2.04. The van der Waals surface area contributed by atoms with Gasteiger partial charge in [-0.2, -0.15) is 0 Å². The van der Waals surface area contributed by atoms with Crippen LogP contribution in [0.2, 0.25) is 0 Å². The van der Waals surface area contributed by atoms with Crippen LogP contribution in [0.25, 0.3) is 11.0 Å². The summed E-state index contributed by atoms with van der Waals surface area (Å²) in [5.41, 5.74) is 1.83. The van der Waals surface area contributed by atoms with Crippen LogP contribution < -0.4 is 4.90 Å². The highest BCUT2D eigenvalue weighted by atomic mass is 16.1. The van der Waals surface area contributed by atoms with Gasteiger partial charge in [-0.3, -0.25) is 9.78 Å². The predicted octanol–water partition coefficient (Wildman–Crippen LogP) is 2.58. The fourth-order valence-corrected chi connectivity index (χ4v) is 2.62. The molecule has 0 amide bonds. The minimum atomic E-state index is 0.384. The molecule has 1 aromatic carbocycles. The number of para-hydroxylation sites is 2. The third-order valence-corrected chi connectivity index (χ3v) is 3.86. The van der Waals surface area contributed by atoms with Gasteiger partial charge in [-0.15, -0.1) is 0 Å². The van der Waals surface area contributed by atoms with Crippen molar-refractivity contribution in [3.05, 3.63) is 30.5 Å². The summed E-state index contributed by atoms with van der Waals surface area (Å²) < 4.78 is 0. The Bertz CT molecular complexity index is 601. The van der Waals surface area contributed by atoms with Crippen molar-refractivity contribution in [2.75, 3.05) is 11.9 Å². The lowest BCUT2D eigenvalue weighted by Gasteiger charge is -2.31. The summed E-state index contributed by atoms with van der Waals surface area (Å²) >= 11 is 0. The molecule has 1 aromatic heterocycles. The molecule has 4 nitrogen and oxygen atoms in total. The molecule has 0 unspecified atom stereocenters. The van der Waals surface area contributed by atoms with Crippen LogP contribution in [0.4, 0.5) is 5.82 Å². The summed E-state index contributed by atoms with van der Waals surface area (Å²) in [6, 6.07) is 8.27. The van der Waals surface area contributed by atoms with Gasteiger partial charge in [-0.05, 0) is 25.0 Å². The van der Waals surface area contributed by atoms with Crippen molar-refractivity contribution in [3.63, 3.8) is 0 Å². The lowest BCUT2D eigenvalue weighted by Crippen LogP contribution is -2.35. The number of hydrogen-bond donors (Lipinski definition) is 0. The Morgan fingerprint density at radius 1 is 1.16 bits per heavy atom. The topological polar surface area (TPSA) is 46.1 Å². The van der Waals surface area contributed by atoms with Crippen LogP contribution in [0, 0.1) is 0 Å². The van der Waals surface area contributed by atoms with Gasteiger partial charge < -0.3 is 4.90 Å². The van der Waals surface area contributed by atoms with Crippen LogP contribution in [0.3, 0.4) is 0 Å². The molecule has 1 heterocycles. The maximum absolute atomic E-state index is 11.3. The molecule has 1 aliphatic carbocycles. The Labute approximate surface area is 112 Å². The first kappa shape index (κ1) is 12.1. The van der Waals surface area contributed by atoms with Crippen molar-refractivity contribution in [2.45, 2.75) is 31.7 Å². The van der Waals surface area contributed by atoms with Crippen LogP contribution in [-0.2, 0) is 4.79 Å². The Morgan fingerprint density at radius 3 is 2.58 bits per heavy atom. The monoisotopic (exact) mass is 255 g/mol. The van der Waals surface area contributed by atoms with E-state index >= 15 is 0 Å². The number of aromatic nitrogens is 2. The molecule has 0 spiro atoms. The number of benzene rings is 1. The number of rotatable bonds is 2. The van der Waals surface area contributed by atoms with E-state index in [9.17, 15) is 4.79 Å². The number of carbonyl (C=O) groups is 1. The van der Waals surface area contributed by atoms with Gasteiger partial charge in [0.1, 0.15) is 11.6 Å². The molecule has 0 saturated heterocycles. The first-order chi connectivity index (χ1) is 9.24. The normalized spacial score (nSPS) is 16.8. The van der Waals surface area contributed by atoms with Crippen molar-refractivity contribution in [1.82, 2.24) is 9.97 Å². The molecular weight excluding hydrogens is 238 g/mol. The summed E-state index contributed by atoms with van der Waals surface area (Å²) in [5, 5.41) is 0. The van der Waals surface area contributed by atoms with Crippen molar-refractivity contribution in [1.29, 1.82) is 0 Å². The highest BCUT2D eigenvalue weighted by Crippen LogP contribution is 2.24. The van der Waals surface area contributed by atoms with Gasteiger partial charge in [0, 0.05) is 25.9 Å². The average Bonchev–Trinajstić information content (AvgIpc) is 2.47. The fraction of sp³-hybridized carbons (Fsp3) is 0.400. The van der Waals surface area contributed by atoms with Crippen LogP contribution >= 0.6 is 0 Å². The van der Waals surface area contributed by atoms with Gasteiger partial charge in [-0.25, -0.2) is 4.98 Å². The molecule has 0 bridgehead atoms. The van der Waals surface area contributed by atoms with Crippen LogP contribution in [0.5, 0.6) is 0 Å². The maximum Gasteiger partial charge on any atom is 0.147 e. The minimum Gasteiger partial charge on any atom is -0.355 e. The van der Waals surface area contributed by atoms with Crippen molar-refractivity contribution < 1.29 is 4.79 Å². The van der Waals surface area contributed by atoms with E-state index in [-0.39, 0.29) is 0 Å². The number of ketones is 1. The fourth-order valence-electron chi connectivity index (χ4n) is 2.62. The van der Waals surface area contributed by atoms with Gasteiger partial charge in [0.15, 0.2) is 0 Å². The molecule has 19 heavy (non-hydrogen) atoms. The average molecular weight is 255 g/mol. The smallest absolute Gasteiger partial charge is 0.147 e. The molecule has 98 valence electrons. The number of carbonyl (C=O) groups excluding carboxylic acids is 1. The van der Waals surface area contributed by atoms with Crippen LogP contribution in [0.15, 0.2) is 30.5 Å². The Balaban J connectivity index is 1.84. The lowest BCUT2D eigenvalue weighted by molar-refractivity contribution is -0.120. The first-order valence-electron chi connectivity index (χ1n) is 6.70. The molecule has 1 fully saturated rings. The molecule has 1 saturated carbocycles. The third-order valence-electron chi connectivity index (χ3n) is 3.86. The predicted molar refractivity (Wildman–Crippen MR) is 75.2 cm³/mol. The number of hydrogen-bond acceptors (Lipinski definition) is 4. The van der Waals surface area contributed by atoms with E-state index in [4.69, 9.17) is 0 Å². The Morgan fingerprint density at radius 2 is 1.84 bits per heavy atom. The summed E-state index contributed by atoms with van der Waals surface area (Å²) in [4.78, 5) is 22.5. The van der Waals surface area contributed by atoms with E-state index in [0.29, 0.717) is 24.7 Å². The second-order valence-corrected chi connectivity index (χ2v) is 5.10. The van der Waals surface area contributed by atoms with Gasteiger partial charge in [-0.1, -0.05) is 12.1 Å². The number of Topliss-reactive ketones (excluding diaryl/α,β-unsaturated/α-hetero) is 1. The molecule has 0 N–H and O–H groups in total. The van der Waals surface area contributed by atoms with E-state index in [0.717, 1.165) is 29.7 Å². The Hall–Kier alpha value is -1.97. The lowest BCUT2D eigenvalue weighted by atomic mass is 9.93. The zero-order chi connectivity index (χ0) is 13.2. The zero-order valence-electron chi connectivity index (χ0n) is 11.0. The highest BCUT2D eigenvalue weighted by molar-refractivity contribution is 5.79. The summed E-state index contributed by atoms with van der Waals surface area (Å²) in [5.74, 6) is 1.27. The third kappa shape index (κ3) is 2.43. The van der Waals surface area contributed by atoms with Gasteiger partial charge in [0.25, 0.3) is 0 Å². The minimum absolute atomic E-state index is 0.384. The van der Waals surface area contributed by atoms with E-state index < -0.39 is 0 Å². The van der Waals surface area contributed by atoms with E-state index in [1.54, 1.807) is 0 Å². The number of anilines is 1. The first-order valence-corrected chi connectivity index (χ1v) is 6.70. The molecular formula is C15H17N3O. The largest absolute Gasteiger partial charge is 0.355 e. The standard InChI is InChI=1S/C15H17N3O/c1-18(11-6-8-12(19)9-7-11)15-10-16-13-4-2-3-5-14(13)17-15/h2-5,10-11H,6-9H2,1H3.